The highest BCUT2D eigenvalue weighted by atomic mass is 16.6. The molecule has 1 saturated heterocycles. The fourth-order valence-corrected chi connectivity index (χ4v) is 2.59. The summed E-state index contributed by atoms with van der Waals surface area (Å²) in [6.07, 6.45) is 3.26. The third kappa shape index (κ3) is 2.75. The molecule has 0 amide bonds. The highest BCUT2D eigenvalue weighted by Gasteiger charge is 2.26. The number of carbonyl (C=O) groups is 1. The fourth-order valence-electron chi connectivity index (χ4n) is 2.59. The van der Waals surface area contributed by atoms with Gasteiger partial charge in [0, 0.05) is 24.2 Å². The molecule has 0 saturated carbocycles. The summed E-state index contributed by atoms with van der Waals surface area (Å²) in [6, 6.07) is 5.07. The van der Waals surface area contributed by atoms with E-state index in [1.807, 2.05) is 0 Å². The number of hydrogen-bond donors (Lipinski definition) is 0. The van der Waals surface area contributed by atoms with Crippen molar-refractivity contribution in [3.8, 4) is 0 Å². The van der Waals surface area contributed by atoms with Crippen molar-refractivity contribution in [3.63, 3.8) is 0 Å². The SMILES string of the molecule is CC(=O)c1ccc(N2CCCC[C@@H]2C)c([N+](=O)[O-])c1. The second kappa shape index (κ2) is 5.38. The van der Waals surface area contributed by atoms with Crippen LogP contribution < -0.4 is 4.90 Å². The largest absolute Gasteiger partial charge is 0.363 e. The van der Waals surface area contributed by atoms with Gasteiger partial charge in [0.2, 0.25) is 0 Å². The summed E-state index contributed by atoms with van der Waals surface area (Å²) >= 11 is 0. The van der Waals surface area contributed by atoms with Gasteiger partial charge in [-0.15, -0.1) is 0 Å². The second-order valence-electron chi connectivity index (χ2n) is 5.05. The number of hydrogen-bond acceptors (Lipinski definition) is 4. The van der Waals surface area contributed by atoms with Gasteiger partial charge in [0.15, 0.2) is 5.78 Å². The molecule has 1 aliphatic rings. The average Bonchev–Trinajstić information content (AvgIpc) is 2.38. The van der Waals surface area contributed by atoms with Crippen molar-refractivity contribution in [2.45, 2.75) is 39.2 Å². The molecule has 1 aromatic rings. The molecule has 0 aromatic heterocycles. The molecular formula is C14H18N2O3. The molecule has 0 spiro atoms. The molecule has 1 fully saturated rings. The maximum absolute atomic E-state index is 11.3. The Hall–Kier alpha value is -1.91. The Bertz CT molecular complexity index is 513. The molecule has 5 heteroatoms. The second-order valence-corrected chi connectivity index (χ2v) is 5.05. The molecule has 1 heterocycles. The van der Waals surface area contributed by atoms with Crippen molar-refractivity contribution < 1.29 is 9.72 Å². The van der Waals surface area contributed by atoms with Gasteiger partial charge < -0.3 is 4.90 Å². The van der Waals surface area contributed by atoms with Gasteiger partial charge in [-0.3, -0.25) is 14.9 Å². The first-order chi connectivity index (χ1) is 9.00. The van der Waals surface area contributed by atoms with E-state index in [1.165, 1.54) is 13.0 Å². The van der Waals surface area contributed by atoms with Gasteiger partial charge in [0.1, 0.15) is 5.69 Å². The van der Waals surface area contributed by atoms with Crippen molar-refractivity contribution in [2.75, 3.05) is 11.4 Å². The lowest BCUT2D eigenvalue weighted by molar-refractivity contribution is -0.384. The molecule has 0 bridgehead atoms. The molecule has 19 heavy (non-hydrogen) atoms. The van der Waals surface area contributed by atoms with Crippen LogP contribution >= 0.6 is 0 Å². The zero-order valence-corrected chi connectivity index (χ0v) is 11.3. The zero-order valence-electron chi connectivity index (χ0n) is 11.3. The predicted octanol–water partition coefficient (Wildman–Crippen LogP) is 3.18. The van der Waals surface area contributed by atoms with E-state index in [0.29, 0.717) is 17.3 Å². The van der Waals surface area contributed by atoms with Crippen molar-refractivity contribution in [1.29, 1.82) is 0 Å². The summed E-state index contributed by atoms with van der Waals surface area (Å²) in [4.78, 5) is 24.2. The first-order valence-corrected chi connectivity index (χ1v) is 6.56. The smallest absolute Gasteiger partial charge is 0.293 e. The number of nitro benzene ring substituents is 1. The normalized spacial score (nSPS) is 19.3. The van der Waals surface area contributed by atoms with Gasteiger partial charge >= 0.3 is 0 Å². The van der Waals surface area contributed by atoms with Crippen LogP contribution in [0.25, 0.3) is 0 Å². The van der Waals surface area contributed by atoms with Crippen LogP contribution in [-0.2, 0) is 0 Å². The highest BCUT2D eigenvalue weighted by Crippen LogP contribution is 2.33. The number of piperidine rings is 1. The summed E-state index contributed by atoms with van der Waals surface area (Å²) in [7, 11) is 0. The zero-order chi connectivity index (χ0) is 14.0. The molecule has 0 N–H and O–H groups in total. The summed E-state index contributed by atoms with van der Waals surface area (Å²) in [5.74, 6) is -0.152. The lowest BCUT2D eigenvalue weighted by atomic mass is 10.0. The van der Waals surface area contributed by atoms with E-state index < -0.39 is 4.92 Å². The number of benzene rings is 1. The standard InChI is InChI=1S/C14H18N2O3/c1-10-5-3-4-8-15(10)13-7-6-12(11(2)17)9-14(13)16(18)19/h6-7,9-10H,3-5,8H2,1-2H3/t10-/m0/s1. The maximum Gasteiger partial charge on any atom is 0.293 e. The first-order valence-electron chi connectivity index (χ1n) is 6.56. The number of nitro groups is 1. The molecule has 0 radical (unpaired) electrons. The van der Waals surface area contributed by atoms with Crippen LogP contribution in [0.15, 0.2) is 18.2 Å². The summed E-state index contributed by atoms with van der Waals surface area (Å²) in [5, 5.41) is 11.2. The van der Waals surface area contributed by atoms with Crippen LogP contribution in [0.2, 0.25) is 0 Å². The quantitative estimate of drug-likeness (QED) is 0.477. The minimum atomic E-state index is -0.400. The number of nitrogens with zero attached hydrogens (tertiary/aromatic N) is 2. The molecule has 1 aliphatic heterocycles. The van der Waals surface area contributed by atoms with Crippen LogP contribution in [0.3, 0.4) is 0 Å². The molecule has 1 atom stereocenters. The van der Waals surface area contributed by atoms with Crippen LogP contribution in [0.4, 0.5) is 11.4 Å². The number of anilines is 1. The van der Waals surface area contributed by atoms with Crippen molar-refractivity contribution >= 4 is 17.2 Å². The van der Waals surface area contributed by atoms with Crippen LogP contribution in [0, 0.1) is 10.1 Å². The lowest BCUT2D eigenvalue weighted by Crippen LogP contribution is -2.37. The molecule has 0 unspecified atom stereocenters. The minimum Gasteiger partial charge on any atom is -0.363 e. The summed E-state index contributed by atoms with van der Waals surface area (Å²) in [6.45, 7) is 4.34. The van der Waals surface area contributed by atoms with Crippen molar-refractivity contribution in [3.05, 3.63) is 33.9 Å². The Morgan fingerprint density at radius 2 is 2.16 bits per heavy atom. The van der Waals surface area contributed by atoms with Gasteiger partial charge in [0.25, 0.3) is 5.69 Å². The molecular weight excluding hydrogens is 244 g/mol. The molecule has 0 aliphatic carbocycles. The predicted molar refractivity (Wildman–Crippen MR) is 73.8 cm³/mol. The van der Waals surface area contributed by atoms with Crippen molar-refractivity contribution in [2.24, 2.45) is 0 Å². The number of Topliss-reactive ketones (excluding diaryl/α,β-unsaturated/α-hetero) is 1. The lowest BCUT2D eigenvalue weighted by Gasteiger charge is -2.35. The van der Waals surface area contributed by atoms with E-state index in [0.717, 1.165) is 25.8 Å². The number of carbonyl (C=O) groups excluding carboxylic acids is 1. The monoisotopic (exact) mass is 262 g/mol. The molecule has 102 valence electrons. The van der Waals surface area contributed by atoms with Gasteiger partial charge in [-0.05, 0) is 45.2 Å². The minimum absolute atomic E-state index is 0.0291. The van der Waals surface area contributed by atoms with Crippen molar-refractivity contribution in [1.82, 2.24) is 0 Å². The maximum atomic E-state index is 11.3. The first kappa shape index (κ1) is 13.5. The van der Waals surface area contributed by atoms with Gasteiger partial charge in [-0.1, -0.05) is 0 Å². The summed E-state index contributed by atoms with van der Waals surface area (Å²) < 4.78 is 0. The van der Waals surface area contributed by atoms with E-state index in [2.05, 4.69) is 11.8 Å². The number of ketones is 1. The van der Waals surface area contributed by atoms with Gasteiger partial charge in [0.05, 0.1) is 4.92 Å². The highest BCUT2D eigenvalue weighted by molar-refractivity contribution is 5.95. The Morgan fingerprint density at radius 3 is 2.74 bits per heavy atom. The third-order valence-corrected chi connectivity index (χ3v) is 3.69. The Morgan fingerprint density at radius 1 is 1.42 bits per heavy atom. The summed E-state index contributed by atoms with van der Waals surface area (Å²) in [5.41, 5.74) is 1.05. The Kier molecular flexibility index (Phi) is 3.83. The molecule has 2 rings (SSSR count). The van der Waals surface area contributed by atoms with E-state index in [4.69, 9.17) is 0 Å². The average molecular weight is 262 g/mol. The van der Waals surface area contributed by atoms with E-state index >= 15 is 0 Å². The topological polar surface area (TPSA) is 63.5 Å². The van der Waals surface area contributed by atoms with Gasteiger partial charge in [-0.25, -0.2) is 0 Å². The number of rotatable bonds is 3. The van der Waals surface area contributed by atoms with E-state index in [-0.39, 0.29) is 11.5 Å². The van der Waals surface area contributed by atoms with Crippen LogP contribution in [0.5, 0.6) is 0 Å². The molecule has 1 aromatic carbocycles. The fraction of sp³-hybridized carbons (Fsp3) is 0.500. The van der Waals surface area contributed by atoms with Gasteiger partial charge in [-0.2, -0.15) is 0 Å². The van der Waals surface area contributed by atoms with E-state index in [9.17, 15) is 14.9 Å². The Labute approximate surface area is 112 Å². The van der Waals surface area contributed by atoms with Crippen LogP contribution in [0.1, 0.15) is 43.5 Å². The van der Waals surface area contributed by atoms with E-state index in [1.54, 1.807) is 12.1 Å². The Balaban J connectivity index is 2.44. The third-order valence-electron chi connectivity index (χ3n) is 3.69. The van der Waals surface area contributed by atoms with Crippen LogP contribution in [-0.4, -0.2) is 23.3 Å². The molecule has 5 nitrogen and oxygen atoms in total.